The topological polar surface area (TPSA) is 53.5 Å². The van der Waals surface area contributed by atoms with Crippen LogP contribution in [-0.2, 0) is 4.79 Å². The first kappa shape index (κ1) is 17.6. The van der Waals surface area contributed by atoms with Crippen LogP contribution >= 0.6 is 0 Å². The van der Waals surface area contributed by atoms with E-state index in [0.717, 1.165) is 18.2 Å². The summed E-state index contributed by atoms with van der Waals surface area (Å²) in [5.74, 6) is -0.895. The normalized spacial score (nSPS) is 21.7. The molecule has 2 saturated heterocycles. The van der Waals surface area contributed by atoms with Crippen molar-refractivity contribution in [2.75, 3.05) is 20.1 Å². The summed E-state index contributed by atoms with van der Waals surface area (Å²) < 4.78 is 13.9. The second-order valence-corrected chi connectivity index (χ2v) is 7.44. The lowest BCUT2D eigenvalue weighted by atomic mass is 9.81. The summed E-state index contributed by atoms with van der Waals surface area (Å²) in [7, 11) is 1.87. The van der Waals surface area contributed by atoms with Crippen LogP contribution < -0.4 is 0 Å². The van der Waals surface area contributed by atoms with E-state index in [1.165, 1.54) is 12.3 Å². The zero-order valence-electron chi connectivity index (χ0n) is 15.3. The molecule has 3 heterocycles. The smallest absolute Gasteiger partial charge is 0.256 e. The van der Waals surface area contributed by atoms with Gasteiger partial charge < -0.3 is 9.80 Å². The molecule has 2 aliphatic rings. The maximum Gasteiger partial charge on any atom is 0.256 e. The predicted molar refractivity (Wildman–Crippen MR) is 98.6 cm³/mol. The van der Waals surface area contributed by atoms with Crippen molar-refractivity contribution < 1.29 is 14.0 Å². The van der Waals surface area contributed by atoms with Crippen LogP contribution in [0.25, 0.3) is 0 Å². The van der Waals surface area contributed by atoms with Crippen LogP contribution in [0.5, 0.6) is 0 Å². The van der Waals surface area contributed by atoms with Gasteiger partial charge in [-0.05, 0) is 30.9 Å². The van der Waals surface area contributed by atoms with E-state index in [4.69, 9.17) is 0 Å². The summed E-state index contributed by atoms with van der Waals surface area (Å²) in [6, 6.07) is 11.3. The Balaban J connectivity index is 1.49. The lowest BCUT2D eigenvalue weighted by Crippen LogP contribution is -2.52. The number of likely N-dealkylation sites (N-methyl/N-ethyl adjacent to an activating group) is 1. The lowest BCUT2D eigenvalue weighted by molar-refractivity contribution is -0.131. The Morgan fingerprint density at radius 1 is 1.19 bits per heavy atom. The van der Waals surface area contributed by atoms with E-state index in [0.29, 0.717) is 25.9 Å². The molecule has 5 nitrogen and oxygen atoms in total. The Kier molecular flexibility index (Phi) is 4.42. The Hall–Kier alpha value is -2.76. The van der Waals surface area contributed by atoms with Crippen molar-refractivity contribution in [1.82, 2.24) is 14.8 Å². The first-order valence-corrected chi connectivity index (χ1v) is 9.23. The van der Waals surface area contributed by atoms with Crippen molar-refractivity contribution in [1.29, 1.82) is 0 Å². The van der Waals surface area contributed by atoms with Crippen molar-refractivity contribution >= 4 is 11.8 Å². The Labute approximate surface area is 157 Å². The summed E-state index contributed by atoms with van der Waals surface area (Å²) >= 11 is 0. The summed E-state index contributed by atoms with van der Waals surface area (Å²) in [6.07, 6.45) is 4.66. The van der Waals surface area contributed by atoms with Gasteiger partial charge in [-0.3, -0.25) is 14.6 Å². The molecule has 0 N–H and O–H groups in total. The van der Waals surface area contributed by atoms with Crippen LogP contribution in [0, 0.1) is 5.82 Å². The monoisotopic (exact) mass is 367 g/mol. The highest BCUT2D eigenvalue weighted by atomic mass is 19.1. The number of piperidine rings is 1. The number of pyridine rings is 1. The van der Waals surface area contributed by atoms with Crippen LogP contribution in [0.1, 0.15) is 41.1 Å². The zero-order chi connectivity index (χ0) is 19.0. The molecule has 27 heavy (non-hydrogen) atoms. The minimum absolute atomic E-state index is 0.0546. The van der Waals surface area contributed by atoms with E-state index >= 15 is 0 Å². The number of carbonyl (C=O) groups excluding carboxylic acids is 2. The molecule has 140 valence electrons. The summed E-state index contributed by atoms with van der Waals surface area (Å²) in [6.45, 7) is 1.03. The van der Waals surface area contributed by atoms with Crippen molar-refractivity contribution in [3.8, 4) is 0 Å². The van der Waals surface area contributed by atoms with Crippen LogP contribution in [0.3, 0.4) is 0 Å². The molecule has 1 unspecified atom stereocenters. The molecular weight excluding hydrogens is 345 g/mol. The van der Waals surface area contributed by atoms with Crippen LogP contribution in [0.15, 0.2) is 48.8 Å². The average Bonchev–Trinajstić information content (AvgIpc) is 2.94. The number of hydrogen-bond acceptors (Lipinski definition) is 3. The fraction of sp³-hybridized carbons (Fsp3) is 0.381. The number of likely N-dealkylation sites (tertiary alicyclic amines) is 2. The van der Waals surface area contributed by atoms with Gasteiger partial charge in [-0.1, -0.05) is 30.3 Å². The van der Waals surface area contributed by atoms with Gasteiger partial charge in [-0.25, -0.2) is 4.39 Å². The number of amides is 2. The van der Waals surface area contributed by atoms with Gasteiger partial charge in [0.05, 0.1) is 17.7 Å². The highest BCUT2D eigenvalue weighted by Gasteiger charge is 2.50. The molecule has 1 spiro atoms. The van der Waals surface area contributed by atoms with Crippen molar-refractivity contribution in [2.45, 2.75) is 30.7 Å². The number of benzene rings is 1. The van der Waals surface area contributed by atoms with E-state index in [9.17, 15) is 14.0 Å². The molecule has 2 aromatic rings. The van der Waals surface area contributed by atoms with Gasteiger partial charge in [0, 0.05) is 31.9 Å². The molecule has 0 aliphatic carbocycles. The average molecular weight is 367 g/mol. The molecule has 6 heteroatoms. The van der Waals surface area contributed by atoms with Crippen LogP contribution in [-0.4, -0.2) is 52.3 Å². The number of aromatic nitrogens is 1. The Morgan fingerprint density at radius 2 is 1.89 bits per heavy atom. The third kappa shape index (κ3) is 2.99. The molecule has 1 atom stereocenters. The molecular formula is C21H22FN3O2. The zero-order valence-corrected chi connectivity index (χ0v) is 15.3. The fourth-order valence-electron chi connectivity index (χ4n) is 4.40. The summed E-state index contributed by atoms with van der Waals surface area (Å²) in [5.41, 5.74) is 0.869. The third-order valence-electron chi connectivity index (χ3n) is 6.11. The highest BCUT2D eigenvalue weighted by Crippen LogP contribution is 2.44. The standard InChI is InChI=1S/C21H22FN3O2/c1-24-19(26)17(15-5-3-2-4-6-15)13-21(24)8-11-25(12-9-21)20(27)16-7-10-23-14-18(16)22/h2-7,10,14,17H,8-9,11-13H2,1H3. The lowest BCUT2D eigenvalue weighted by Gasteiger charge is -2.43. The molecule has 0 radical (unpaired) electrons. The molecule has 0 saturated carbocycles. The van der Waals surface area contributed by atoms with Gasteiger partial charge in [0.1, 0.15) is 0 Å². The maximum atomic E-state index is 13.9. The molecule has 1 aromatic carbocycles. The minimum atomic E-state index is -0.597. The number of hydrogen-bond donors (Lipinski definition) is 0. The molecule has 2 aliphatic heterocycles. The van der Waals surface area contributed by atoms with Crippen LogP contribution in [0.2, 0.25) is 0 Å². The van der Waals surface area contributed by atoms with Gasteiger partial charge in [0.2, 0.25) is 5.91 Å². The largest absolute Gasteiger partial charge is 0.339 e. The van der Waals surface area contributed by atoms with E-state index in [-0.39, 0.29) is 28.8 Å². The summed E-state index contributed by atoms with van der Waals surface area (Å²) in [4.78, 5) is 32.7. The second kappa shape index (κ2) is 6.76. The quantitative estimate of drug-likeness (QED) is 0.820. The second-order valence-electron chi connectivity index (χ2n) is 7.44. The number of halogens is 1. The van der Waals surface area contributed by atoms with Gasteiger partial charge in [0.15, 0.2) is 5.82 Å². The van der Waals surface area contributed by atoms with Gasteiger partial charge in [-0.15, -0.1) is 0 Å². The van der Waals surface area contributed by atoms with Crippen molar-refractivity contribution in [3.05, 3.63) is 65.7 Å². The SMILES string of the molecule is CN1C(=O)C(c2ccccc2)CC12CCN(C(=O)c1ccncc1F)CC2. The Bertz CT molecular complexity index is 863. The molecule has 0 bridgehead atoms. The highest BCUT2D eigenvalue weighted by molar-refractivity contribution is 5.94. The third-order valence-corrected chi connectivity index (χ3v) is 6.11. The van der Waals surface area contributed by atoms with Crippen molar-refractivity contribution in [2.24, 2.45) is 0 Å². The van der Waals surface area contributed by atoms with Gasteiger partial charge in [0.25, 0.3) is 5.91 Å². The molecule has 2 fully saturated rings. The van der Waals surface area contributed by atoms with E-state index in [1.54, 1.807) is 4.90 Å². The number of rotatable bonds is 2. The molecule has 2 amide bonds. The van der Waals surface area contributed by atoms with Gasteiger partial charge >= 0.3 is 0 Å². The van der Waals surface area contributed by atoms with Gasteiger partial charge in [-0.2, -0.15) is 0 Å². The first-order chi connectivity index (χ1) is 13.0. The number of carbonyl (C=O) groups is 2. The van der Waals surface area contributed by atoms with Crippen LogP contribution in [0.4, 0.5) is 4.39 Å². The minimum Gasteiger partial charge on any atom is -0.339 e. The fourth-order valence-corrected chi connectivity index (χ4v) is 4.40. The van der Waals surface area contributed by atoms with Crippen molar-refractivity contribution in [3.63, 3.8) is 0 Å². The molecule has 4 rings (SSSR count). The maximum absolute atomic E-state index is 13.9. The van der Waals surface area contributed by atoms with E-state index < -0.39 is 5.82 Å². The predicted octanol–water partition coefficient (Wildman–Crippen LogP) is 2.84. The molecule has 1 aromatic heterocycles. The Morgan fingerprint density at radius 3 is 2.56 bits per heavy atom. The first-order valence-electron chi connectivity index (χ1n) is 9.23. The van der Waals surface area contributed by atoms with E-state index in [2.05, 4.69) is 4.98 Å². The van der Waals surface area contributed by atoms with E-state index in [1.807, 2.05) is 42.3 Å². The summed E-state index contributed by atoms with van der Waals surface area (Å²) in [5, 5.41) is 0. The number of nitrogens with zero attached hydrogens (tertiary/aromatic N) is 3.